The lowest BCUT2D eigenvalue weighted by molar-refractivity contribution is 0.338. The first-order valence-corrected chi connectivity index (χ1v) is 4.85. The van der Waals surface area contributed by atoms with Gasteiger partial charge in [0.15, 0.2) is 0 Å². The minimum absolute atomic E-state index is 0.137. The smallest absolute Gasteiger partial charge is 0.146 e. The monoisotopic (exact) mass is 200 g/mol. The number of hydrogen-bond donors (Lipinski definition) is 3. The molecule has 0 bridgehead atoms. The zero-order chi connectivity index (χ0) is 7.49. The van der Waals surface area contributed by atoms with E-state index in [-0.39, 0.29) is 9.33 Å². The molecule has 0 aromatic rings. The van der Waals surface area contributed by atoms with Crippen LogP contribution in [-0.2, 0) is 4.43 Å². The molecule has 9 heavy (non-hydrogen) atoms. The molecule has 1 atom stereocenters. The van der Waals surface area contributed by atoms with Crippen molar-refractivity contribution in [2.24, 2.45) is 0 Å². The summed E-state index contributed by atoms with van der Waals surface area (Å²) in [7, 11) is 0.734. The summed E-state index contributed by atoms with van der Waals surface area (Å²) in [5, 5.41) is 0.137. The highest BCUT2D eigenvalue weighted by molar-refractivity contribution is 8.02. The highest BCUT2D eigenvalue weighted by Crippen LogP contribution is 2.27. The third kappa shape index (κ3) is 3.82. The highest BCUT2D eigenvalue weighted by Gasteiger charge is 2.24. The van der Waals surface area contributed by atoms with E-state index in [1.165, 1.54) is 0 Å². The maximum atomic E-state index is 5.01. The van der Waals surface area contributed by atoms with Crippen molar-refractivity contribution >= 4 is 48.4 Å². The van der Waals surface area contributed by atoms with Gasteiger partial charge in [0, 0.05) is 5.25 Å². The van der Waals surface area contributed by atoms with Crippen molar-refractivity contribution in [1.29, 1.82) is 0 Å². The van der Waals surface area contributed by atoms with Crippen molar-refractivity contribution in [1.82, 2.24) is 0 Å². The second-order valence-electron chi connectivity index (χ2n) is 1.99. The van der Waals surface area contributed by atoms with Gasteiger partial charge in [0.1, 0.15) is 10.5 Å². The van der Waals surface area contributed by atoms with Crippen LogP contribution in [0.2, 0.25) is 0 Å². The van der Waals surface area contributed by atoms with E-state index in [0.29, 0.717) is 6.61 Å². The molecular weight excluding hydrogens is 188 g/mol. The largest absolute Gasteiger partial charge is 0.426 e. The molecule has 0 aromatic heterocycles. The van der Waals surface area contributed by atoms with Crippen LogP contribution in [0, 0.1) is 0 Å². The van der Waals surface area contributed by atoms with Gasteiger partial charge in [-0.15, -0.1) is 0 Å². The molecule has 0 radical (unpaired) electrons. The van der Waals surface area contributed by atoms with Gasteiger partial charge in [0.2, 0.25) is 0 Å². The fraction of sp³-hybridized carbons (Fsp3) is 1.00. The van der Waals surface area contributed by atoms with E-state index >= 15 is 0 Å². The zero-order valence-corrected chi connectivity index (χ0v) is 10.2. The molecule has 1 unspecified atom stereocenters. The standard InChI is InChI=1S/C4H12OS3Si/c1-3(6)4(7,8)2-5-9/h3,6-8H,2H2,1,9H3. The Labute approximate surface area is 75.7 Å². The van der Waals surface area contributed by atoms with Gasteiger partial charge in [-0.3, -0.25) is 0 Å². The molecule has 0 heterocycles. The fourth-order valence-electron chi connectivity index (χ4n) is 0.333. The lowest BCUT2D eigenvalue weighted by Gasteiger charge is -2.25. The van der Waals surface area contributed by atoms with Crippen LogP contribution in [0.3, 0.4) is 0 Å². The summed E-state index contributed by atoms with van der Waals surface area (Å²) in [4.78, 5) is 0. The molecule has 0 spiro atoms. The predicted octanol–water partition coefficient (Wildman–Crippen LogP) is 0.158. The summed E-state index contributed by atoms with van der Waals surface area (Å²) in [6.07, 6.45) is 0. The van der Waals surface area contributed by atoms with Crippen LogP contribution < -0.4 is 0 Å². The predicted molar refractivity (Wildman–Crippen MR) is 55.0 cm³/mol. The molecule has 0 saturated heterocycles. The van der Waals surface area contributed by atoms with Crippen LogP contribution in [0.25, 0.3) is 0 Å². The van der Waals surface area contributed by atoms with Crippen LogP contribution in [0.1, 0.15) is 6.92 Å². The molecule has 5 heteroatoms. The maximum Gasteiger partial charge on any atom is 0.146 e. The highest BCUT2D eigenvalue weighted by atomic mass is 32.2. The van der Waals surface area contributed by atoms with Crippen LogP contribution in [0.15, 0.2) is 0 Å². The Morgan fingerprint density at radius 1 is 1.67 bits per heavy atom. The molecule has 0 aliphatic carbocycles. The molecule has 56 valence electrons. The summed E-state index contributed by atoms with van der Waals surface area (Å²) in [6, 6.07) is 0. The second-order valence-corrected chi connectivity index (χ2v) is 5.29. The molecular formula is C4H12OS3Si. The summed E-state index contributed by atoms with van der Waals surface area (Å²) in [5.74, 6) is 0. The summed E-state index contributed by atoms with van der Waals surface area (Å²) < 4.78 is 4.62. The molecule has 0 aliphatic heterocycles. The molecule has 0 fully saturated rings. The quantitative estimate of drug-likeness (QED) is 0.334. The summed E-state index contributed by atoms with van der Waals surface area (Å²) in [6.45, 7) is 2.51. The van der Waals surface area contributed by atoms with E-state index in [4.69, 9.17) is 4.43 Å². The van der Waals surface area contributed by atoms with Crippen LogP contribution in [-0.4, -0.2) is 26.4 Å². The van der Waals surface area contributed by atoms with E-state index in [9.17, 15) is 0 Å². The topological polar surface area (TPSA) is 9.23 Å². The van der Waals surface area contributed by atoms with Crippen molar-refractivity contribution in [3.8, 4) is 0 Å². The minimum Gasteiger partial charge on any atom is -0.426 e. The Bertz CT molecular complexity index is 85.9. The third-order valence-corrected chi connectivity index (χ3v) is 3.20. The first-order chi connectivity index (χ1) is 4.00. The van der Waals surface area contributed by atoms with E-state index in [1.54, 1.807) is 0 Å². The van der Waals surface area contributed by atoms with Crippen molar-refractivity contribution in [3.05, 3.63) is 0 Å². The SMILES string of the molecule is CC(S)C(S)(S)CO[SiH3]. The van der Waals surface area contributed by atoms with Gasteiger partial charge in [-0.05, 0) is 0 Å². The van der Waals surface area contributed by atoms with Gasteiger partial charge in [-0.25, -0.2) is 0 Å². The van der Waals surface area contributed by atoms with Crippen molar-refractivity contribution in [2.45, 2.75) is 16.3 Å². The Balaban J connectivity index is 3.70. The van der Waals surface area contributed by atoms with Crippen molar-refractivity contribution < 1.29 is 4.43 Å². The Morgan fingerprint density at radius 3 is 2.22 bits per heavy atom. The van der Waals surface area contributed by atoms with Crippen LogP contribution in [0.5, 0.6) is 0 Å². The van der Waals surface area contributed by atoms with E-state index in [1.807, 2.05) is 6.92 Å². The molecule has 0 N–H and O–H groups in total. The number of thiol groups is 3. The molecule has 0 rings (SSSR count). The first kappa shape index (κ1) is 10.2. The second kappa shape index (κ2) is 4.18. The van der Waals surface area contributed by atoms with Gasteiger partial charge in [-0.2, -0.15) is 37.9 Å². The van der Waals surface area contributed by atoms with E-state index in [2.05, 4.69) is 37.9 Å². The fourth-order valence-corrected chi connectivity index (χ4v) is 1.61. The number of hydrogen-bond acceptors (Lipinski definition) is 4. The van der Waals surface area contributed by atoms with Crippen LogP contribution >= 0.6 is 37.9 Å². The lowest BCUT2D eigenvalue weighted by Crippen LogP contribution is -2.29. The maximum absolute atomic E-state index is 5.01. The number of rotatable bonds is 3. The molecule has 0 aliphatic rings. The minimum atomic E-state index is -0.384. The lowest BCUT2D eigenvalue weighted by atomic mass is 10.3. The van der Waals surface area contributed by atoms with Crippen molar-refractivity contribution in [2.75, 3.05) is 6.61 Å². The van der Waals surface area contributed by atoms with E-state index in [0.717, 1.165) is 10.5 Å². The van der Waals surface area contributed by atoms with Gasteiger partial charge < -0.3 is 4.43 Å². The van der Waals surface area contributed by atoms with Gasteiger partial charge in [0.25, 0.3) is 0 Å². The summed E-state index contributed by atoms with van der Waals surface area (Å²) >= 11 is 12.7. The Hall–Kier alpha value is 1.23. The summed E-state index contributed by atoms with van der Waals surface area (Å²) in [5.41, 5.74) is 0. The van der Waals surface area contributed by atoms with Gasteiger partial charge >= 0.3 is 0 Å². The Morgan fingerprint density at radius 2 is 2.11 bits per heavy atom. The molecule has 1 nitrogen and oxygen atoms in total. The van der Waals surface area contributed by atoms with Crippen molar-refractivity contribution in [3.63, 3.8) is 0 Å². The Kier molecular flexibility index (Phi) is 4.75. The average Bonchev–Trinajstić information content (AvgIpc) is 1.65. The molecule has 0 amide bonds. The average molecular weight is 200 g/mol. The third-order valence-electron chi connectivity index (χ3n) is 1.03. The normalized spacial score (nSPS) is 16.0. The van der Waals surface area contributed by atoms with Gasteiger partial charge in [-0.1, -0.05) is 6.92 Å². The van der Waals surface area contributed by atoms with Gasteiger partial charge in [0.05, 0.1) is 10.7 Å². The molecule has 0 saturated carbocycles. The zero-order valence-electron chi connectivity index (χ0n) is 5.53. The molecule has 0 aromatic carbocycles. The first-order valence-electron chi connectivity index (χ1n) is 2.62. The van der Waals surface area contributed by atoms with Crippen LogP contribution in [0.4, 0.5) is 0 Å². The van der Waals surface area contributed by atoms with E-state index < -0.39 is 0 Å².